The highest BCUT2D eigenvalue weighted by Crippen LogP contribution is 2.39. The molecule has 1 aliphatic carbocycles. The van der Waals surface area contributed by atoms with Gasteiger partial charge in [-0.05, 0) is 69.0 Å². The molecule has 0 aliphatic heterocycles. The molecule has 1 aliphatic rings. The van der Waals surface area contributed by atoms with Crippen molar-refractivity contribution < 1.29 is 13.9 Å². The molecule has 1 atom stereocenters. The lowest BCUT2D eigenvalue weighted by atomic mass is 9.98. The van der Waals surface area contributed by atoms with E-state index in [1.165, 1.54) is 6.07 Å². The number of nitriles is 1. The Hall–Kier alpha value is -3.38. The maximum absolute atomic E-state index is 14.7. The Morgan fingerprint density at radius 1 is 1.27 bits per heavy atom. The van der Waals surface area contributed by atoms with E-state index in [0.29, 0.717) is 17.6 Å². The molecule has 1 aromatic heterocycles. The molecular formula is C24H24FN5O2S. The van der Waals surface area contributed by atoms with Gasteiger partial charge in [0.25, 0.3) is 0 Å². The van der Waals surface area contributed by atoms with Crippen LogP contribution in [0.5, 0.6) is 5.75 Å². The predicted molar refractivity (Wildman–Crippen MR) is 124 cm³/mol. The van der Waals surface area contributed by atoms with Gasteiger partial charge >= 0.3 is 0 Å². The van der Waals surface area contributed by atoms with Crippen molar-refractivity contribution in [2.24, 2.45) is 5.92 Å². The summed E-state index contributed by atoms with van der Waals surface area (Å²) in [5.74, 6) is 0.680. The lowest BCUT2D eigenvalue weighted by molar-refractivity contribution is -0.119. The third-order valence-electron chi connectivity index (χ3n) is 5.51. The summed E-state index contributed by atoms with van der Waals surface area (Å²) < 4.78 is 21.8. The molecule has 4 rings (SSSR count). The number of carbonyl (C=O) groups is 1. The highest BCUT2D eigenvalue weighted by Gasteiger charge is 2.43. The van der Waals surface area contributed by atoms with Crippen LogP contribution in [0.25, 0.3) is 17.1 Å². The SMILES string of the molecule is CCOc1ccc(-c2nnc(SCC(=O)NC(C)(C#N)C3CC3)n2-c2ccccc2F)cc1. The van der Waals surface area contributed by atoms with Gasteiger partial charge in [-0.15, -0.1) is 10.2 Å². The number of carbonyl (C=O) groups excluding carboxylic acids is 1. The summed E-state index contributed by atoms with van der Waals surface area (Å²) in [7, 11) is 0. The number of hydrogen-bond donors (Lipinski definition) is 1. The third kappa shape index (κ3) is 5.01. The summed E-state index contributed by atoms with van der Waals surface area (Å²) in [6, 6.07) is 15.9. The minimum Gasteiger partial charge on any atom is -0.494 e. The fraction of sp³-hybridized carbons (Fsp3) is 0.333. The monoisotopic (exact) mass is 465 g/mol. The Labute approximate surface area is 196 Å². The van der Waals surface area contributed by atoms with Crippen LogP contribution in [0.1, 0.15) is 26.7 Å². The Morgan fingerprint density at radius 3 is 2.64 bits per heavy atom. The highest BCUT2D eigenvalue weighted by molar-refractivity contribution is 7.99. The minimum absolute atomic E-state index is 0.0276. The molecule has 2 aromatic carbocycles. The quantitative estimate of drug-likeness (QED) is 0.472. The summed E-state index contributed by atoms with van der Waals surface area (Å²) in [6.07, 6.45) is 1.87. The molecule has 0 radical (unpaired) electrons. The summed E-state index contributed by atoms with van der Waals surface area (Å²) >= 11 is 1.15. The average molecular weight is 466 g/mol. The van der Waals surface area contributed by atoms with E-state index in [-0.39, 0.29) is 23.3 Å². The Morgan fingerprint density at radius 2 is 2.00 bits per heavy atom. The van der Waals surface area contributed by atoms with Crippen molar-refractivity contribution in [1.29, 1.82) is 5.26 Å². The highest BCUT2D eigenvalue weighted by atomic mass is 32.2. The van der Waals surface area contributed by atoms with Gasteiger partial charge in [0.05, 0.1) is 24.1 Å². The van der Waals surface area contributed by atoms with Crippen LogP contribution in [-0.4, -0.2) is 38.6 Å². The van der Waals surface area contributed by atoms with Gasteiger partial charge in [0.1, 0.15) is 17.1 Å². The Kier molecular flexibility index (Phi) is 6.65. The molecule has 3 aromatic rings. The van der Waals surface area contributed by atoms with Gasteiger partial charge in [0.15, 0.2) is 11.0 Å². The number of amides is 1. The number of aromatic nitrogens is 3. The van der Waals surface area contributed by atoms with E-state index >= 15 is 0 Å². The first-order valence-corrected chi connectivity index (χ1v) is 11.7. The molecule has 0 saturated heterocycles. The summed E-state index contributed by atoms with van der Waals surface area (Å²) in [6.45, 7) is 4.21. The zero-order valence-electron chi connectivity index (χ0n) is 18.4. The average Bonchev–Trinajstić information content (AvgIpc) is 3.60. The van der Waals surface area contributed by atoms with Crippen molar-refractivity contribution in [3.8, 4) is 28.9 Å². The molecule has 0 bridgehead atoms. The first kappa shape index (κ1) is 22.8. The summed E-state index contributed by atoms with van der Waals surface area (Å²) in [4.78, 5) is 12.6. The molecule has 33 heavy (non-hydrogen) atoms. The standard InChI is InChI=1S/C24H24FN5O2S/c1-3-32-18-12-8-16(9-13-18)22-28-29-23(30(22)20-7-5-4-6-19(20)25)33-14-21(31)27-24(2,15-26)17-10-11-17/h4-9,12-13,17H,3,10-11,14H2,1-2H3,(H,27,31). The second-order valence-electron chi connectivity index (χ2n) is 7.98. The first-order chi connectivity index (χ1) is 15.9. The zero-order valence-corrected chi connectivity index (χ0v) is 19.2. The number of para-hydroxylation sites is 1. The largest absolute Gasteiger partial charge is 0.494 e. The van der Waals surface area contributed by atoms with Crippen molar-refractivity contribution in [3.05, 3.63) is 54.3 Å². The molecule has 1 amide bonds. The van der Waals surface area contributed by atoms with E-state index in [9.17, 15) is 14.4 Å². The van der Waals surface area contributed by atoms with Gasteiger partial charge in [-0.2, -0.15) is 5.26 Å². The number of rotatable bonds is 9. The normalized spacial score (nSPS) is 14.8. The van der Waals surface area contributed by atoms with Gasteiger partial charge in [-0.25, -0.2) is 4.39 Å². The number of halogens is 1. The van der Waals surface area contributed by atoms with Gasteiger partial charge in [0, 0.05) is 5.56 Å². The van der Waals surface area contributed by atoms with Crippen LogP contribution in [0.15, 0.2) is 53.7 Å². The lowest BCUT2D eigenvalue weighted by Crippen LogP contribution is -2.47. The number of benzene rings is 2. The van der Waals surface area contributed by atoms with Crippen LogP contribution in [-0.2, 0) is 4.79 Å². The van der Waals surface area contributed by atoms with E-state index in [1.807, 2.05) is 31.2 Å². The molecule has 1 saturated carbocycles. The van der Waals surface area contributed by atoms with Crippen LogP contribution in [0.4, 0.5) is 4.39 Å². The smallest absolute Gasteiger partial charge is 0.231 e. The first-order valence-electron chi connectivity index (χ1n) is 10.7. The Bertz CT molecular complexity index is 1190. The van der Waals surface area contributed by atoms with Crippen molar-refractivity contribution >= 4 is 17.7 Å². The molecule has 1 N–H and O–H groups in total. The molecule has 9 heteroatoms. The number of ether oxygens (including phenoxy) is 1. The predicted octanol–water partition coefficient (Wildman–Crippen LogP) is 4.37. The van der Waals surface area contributed by atoms with E-state index in [0.717, 1.165) is 35.9 Å². The van der Waals surface area contributed by atoms with E-state index in [4.69, 9.17) is 4.74 Å². The molecule has 1 unspecified atom stereocenters. The van der Waals surface area contributed by atoms with Crippen molar-refractivity contribution in [2.45, 2.75) is 37.4 Å². The minimum atomic E-state index is -0.871. The summed E-state index contributed by atoms with van der Waals surface area (Å²) in [5, 5.41) is 21.2. The molecule has 1 heterocycles. The fourth-order valence-electron chi connectivity index (χ4n) is 3.61. The molecular weight excluding hydrogens is 441 g/mol. The van der Waals surface area contributed by atoms with Gasteiger partial charge in [-0.1, -0.05) is 23.9 Å². The Balaban J connectivity index is 1.61. The molecule has 7 nitrogen and oxygen atoms in total. The van der Waals surface area contributed by atoms with Gasteiger partial charge < -0.3 is 10.1 Å². The van der Waals surface area contributed by atoms with Crippen molar-refractivity contribution in [2.75, 3.05) is 12.4 Å². The molecule has 170 valence electrons. The van der Waals surface area contributed by atoms with Crippen LogP contribution in [0.2, 0.25) is 0 Å². The third-order valence-corrected chi connectivity index (χ3v) is 6.44. The second-order valence-corrected chi connectivity index (χ2v) is 8.92. The summed E-state index contributed by atoms with van der Waals surface area (Å²) in [5.41, 5.74) is 0.148. The van der Waals surface area contributed by atoms with Crippen LogP contribution in [0.3, 0.4) is 0 Å². The second kappa shape index (κ2) is 9.63. The van der Waals surface area contributed by atoms with E-state index in [2.05, 4.69) is 21.6 Å². The van der Waals surface area contributed by atoms with E-state index in [1.54, 1.807) is 29.7 Å². The fourth-order valence-corrected chi connectivity index (χ4v) is 4.35. The number of nitrogens with zero attached hydrogens (tertiary/aromatic N) is 4. The zero-order chi connectivity index (χ0) is 23.4. The molecule has 1 fully saturated rings. The number of nitrogens with one attached hydrogen (secondary N) is 1. The maximum Gasteiger partial charge on any atom is 0.231 e. The number of hydrogen-bond acceptors (Lipinski definition) is 6. The van der Waals surface area contributed by atoms with Crippen molar-refractivity contribution in [1.82, 2.24) is 20.1 Å². The lowest BCUT2D eigenvalue weighted by Gasteiger charge is -2.22. The number of thioether (sulfide) groups is 1. The van der Waals surface area contributed by atoms with Gasteiger partial charge in [-0.3, -0.25) is 9.36 Å². The maximum atomic E-state index is 14.7. The topological polar surface area (TPSA) is 92.8 Å². The van der Waals surface area contributed by atoms with Crippen LogP contribution < -0.4 is 10.1 Å². The van der Waals surface area contributed by atoms with Crippen LogP contribution >= 0.6 is 11.8 Å². The van der Waals surface area contributed by atoms with Crippen molar-refractivity contribution in [3.63, 3.8) is 0 Å². The van der Waals surface area contributed by atoms with E-state index < -0.39 is 11.4 Å². The van der Waals surface area contributed by atoms with Gasteiger partial charge in [0.2, 0.25) is 5.91 Å². The van der Waals surface area contributed by atoms with Crippen LogP contribution in [0, 0.1) is 23.1 Å². The molecule has 0 spiro atoms.